The third-order valence-corrected chi connectivity index (χ3v) is 3.29. The number of aryl methyl sites for hydroxylation is 1. The molecule has 1 aromatic carbocycles. The van der Waals surface area contributed by atoms with Crippen molar-refractivity contribution in [2.24, 2.45) is 0 Å². The average Bonchev–Trinajstić information content (AvgIpc) is 3.25. The minimum Gasteiger partial charge on any atom is -0.436 e. The Morgan fingerprint density at radius 2 is 2.10 bits per heavy atom. The molecule has 0 amide bonds. The van der Waals surface area contributed by atoms with Crippen LogP contribution in [0.4, 0.5) is 8.78 Å². The first-order valence-corrected chi connectivity index (χ1v) is 6.94. The molecule has 5 heteroatoms. The monoisotopic (exact) mass is 290 g/mol. The number of hydrogen-bond acceptors (Lipinski definition) is 3. The number of ether oxygens (including phenoxy) is 1. The molecule has 0 spiro atoms. The van der Waals surface area contributed by atoms with Crippen molar-refractivity contribution in [3.63, 3.8) is 0 Å². The van der Waals surface area contributed by atoms with E-state index in [-0.39, 0.29) is 11.6 Å². The molecular weight excluding hydrogens is 274 g/mol. The fourth-order valence-electron chi connectivity index (χ4n) is 2.09. The van der Waals surface area contributed by atoms with Gasteiger partial charge < -0.3 is 10.1 Å². The van der Waals surface area contributed by atoms with Crippen LogP contribution in [0.1, 0.15) is 24.1 Å². The van der Waals surface area contributed by atoms with Gasteiger partial charge >= 0.3 is 0 Å². The maximum absolute atomic E-state index is 13.6. The minimum absolute atomic E-state index is 0.158. The lowest BCUT2D eigenvalue weighted by Gasteiger charge is -2.10. The number of halogens is 2. The van der Waals surface area contributed by atoms with E-state index in [9.17, 15) is 8.78 Å². The smallest absolute Gasteiger partial charge is 0.219 e. The molecule has 0 bridgehead atoms. The number of pyridine rings is 1. The van der Waals surface area contributed by atoms with Crippen molar-refractivity contribution in [1.29, 1.82) is 0 Å². The van der Waals surface area contributed by atoms with Crippen molar-refractivity contribution >= 4 is 0 Å². The molecule has 21 heavy (non-hydrogen) atoms. The maximum atomic E-state index is 13.6. The normalized spacial score (nSPS) is 14.2. The van der Waals surface area contributed by atoms with Gasteiger partial charge in [0.15, 0.2) is 11.6 Å². The number of nitrogens with one attached hydrogen (secondary N) is 1. The first kappa shape index (κ1) is 13.9. The largest absolute Gasteiger partial charge is 0.436 e. The van der Waals surface area contributed by atoms with Crippen molar-refractivity contribution < 1.29 is 13.5 Å². The number of rotatable bonds is 5. The van der Waals surface area contributed by atoms with Gasteiger partial charge in [0.25, 0.3) is 0 Å². The Bertz CT molecular complexity index is 657. The summed E-state index contributed by atoms with van der Waals surface area (Å²) in [6, 6.07) is 8.13. The summed E-state index contributed by atoms with van der Waals surface area (Å²) in [5, 5.41) is 3.39. The summed E-state index contributed by atoms with van der Waals surface area (Å²) < 4.78 is 32.2. The van der Waals surface area contributed by atoms with Crippen LogP contribution < -0.4 is 10.1 Å². The molecule has 0 atom stereocenters. The van der Waals surface area contributed by atoms with Gasteiger partial charge in [-0.25, -0.2) is 9.37 Å². The van der Waals surface area contributed by atoms with Crippen LogP contribution in [0, 0.1) is 18.6 Å². The summed E-state index contributed by atoms with van der Waals surface area (Å²) in [7, 11) is 0. The van der Waals surface area contributed by atoms with Crippen LogP contribution in [0.2, 0.25) is 0 Å². The van der Waals surface area contributed by atoms with Crippen LogP contribution >= 0.6 is 0 Å². The molecule has 3 rings (SSSR count). The van der Waals surface area contributed by atoms with Crippen LogP contribution in [0.25, 0.3) is 0 Å². The molecule has 0 aliphatic heterocycles. The maximum Gasteiger partial charge on any atom is 0.219 e. The fraction of sp³-hybridized carbons (Fsp3) is 0.312. The van der Waals surface area contributed by atoms with Crippen LogP contribution in [0.3, 0.4) is 0 Å². The second-order valence-corrected chi connectivity index (χ2v) is 5.26. The number of aromatic nitrogens is 1. The van der Waals surface area contributed by atoms with Crippen molar-refractivity contribution in [1.82, 2.24) is 10.3 Å². The fourth-order valence-corrected chi connectivity index (χ4v) is 2.09. The molecule has 1 saturated carbocycles. The van der Waals surface area contributed by atoms with E-state index in [2.05, 4.69) is 10.3 Å². The van der Waals surface area contributed by atoms with Gasteiger partial charge in [0.05, 0.1) is 0 Å². The Hall–Kier alpha value is -2.01. The average molecular weight is 290 g/mol. The van der Waals surface area contributed by atoms with E-state index in [1.54, 1.807) is 6.07 Å². The molecule has 1 fully saturated rings. The Morgan fingerprint density at radius 1 is 1.29 bits per heavy atom. The number of hydrogen-bond donors (Lipinski definition) is 1. The highest BCUT2D eigenvalue weighted by molar-refractivity contribution is 5.32. The van der Waals surface area contributed by atoms with Gasteiger partial charge in [-0.05, 0) is 43.5 Å². The van der Waals surface area contributed by atoms with Gasteiger partial charge in [0.1, 0.15) is 0 Å². The van der Waals surface area contributed by atoms with E-state index in [1.165, 1.54) is 25.0 Å². The quantitative estimate of drug-likeness (QED) is 0.911. The molecule has 1 N–H and O–H groups in total. The molecule has 3 nitrogen and oxygen atoms in total. The van der Waals surface area contributed by atoms with Crippen LogP contribution in [0.15, 0.2) is 30.3 Å². The summed E-state index contributed by atoms with van der Waals surface area (Å²) in [5.41, 5.74) is 1.79. The number of benzene rings is 1. The van der Waals surface area contributed by atoms with Gasteiger partial charge in [-0.3, -0.25) is 0 Å². The Morgan fingerprint density at radius 3 is 2.86 bits per heavy atom. The molecule has 1 aliphatic carbocycles. The lowest BCUT2D eigenvalue weighted by Crippen LogP contribution is -2.15. The van der Waals surface area contributed by atoms with Crippen molar-refractivity contribution in [3.8, 4) is 11.6 Å². The number of nitrogens with zero attached hydrogens (tertiary/aromatic N) is 1. The van der Waals surface area contributed by atoms with E-state index in [1.807, 2.05) is 13.0 Å². The first-order chi connectivity index (χ1) is 10.1. The lowest BCUT2D eigenvalue weighted by atomic mass is 10.2. The van der Waals surface area contributed by atoms with E-state index in [0.29, 0.717) is 6.04 Å². The van der Waals surface area contributed by atoms with Crippen LogP contribution in [-0.2, 0) is 6.54 Å². The SMILES string of the molecule is Cc1cc(CNC2CC2)cc(Oc2cccc(F)c2F)n1. The molecule has 0 unspecified atom stereocenters. The van der Waals surface area contributed by atoms with Crippen molar-refractivity contribution in [2.45, 2.75) is 32.4 Å². The second-order valence-electron chi connectivity index (χ2n) is 5.26. The summed E-state index contributed by atoms with van der Waals surface area (Å²) in [5.74, 6) is -1.82. The van der Waals surface area contributed by atoms with E-state index in [0.717, 1.165) is 23.9 Å². The zero-order valence-corrected chi connectivity index (χ0v) is 11.7. The van der Waals surface area contributed by atoms with E-state index >= 15 is 0 Å². The summed E-state index contributed by atoms with van der Waals surface area (Å²) >= 11 is 0. The van der Waals surface area contributed by atoms with Crippen LogP contribution in [-0.4, -0.2) is 11.0 Å². The van der Waals surface area contributed by atoms with Gasteiger partial charge in [-0.2, -0.15) is 4.39 Å². The molecule has 0 saturated heterocycles. The zero-order chi connectivity index (χ0) is 14.8. The highest BCUT2D eigenvalue weighted by Gasteiger charge is 2.20. The van der Waals surface area contributed by atoms with Gasteiger partial charge in [-0.1, -0.05) is 6.07 Å². The standard InChI is InChI=1S/C16H16F2N2O/c1-10-7-11(9-19-12-5-6-12)8-15(20-10)21-14-4-2-3-13(17)16(14)18/h2-4,7-8,12,19H,5-6,9H2,1H3. The first-order valence-electron chi connectivity index (χ1n) is 6.94. The summed E-state index contributed by atoms with van der Waals surface area (Å²) in [6.07, 6.45) is 2.42. The Balaban J connectivity index is 1.78. The van der Waals surface area contributed by atoms with E-state index < -0.39 is 11.6 Å². The third kappa shape index (κ3) is 3.55. The van der Waals surface area contributed by atoms with Gasteiger partial charge in [-0.15, -0.1) is 0 Å². The molecule has 2 aromatic rings. The molecule has 0 radical (unpaired) electrons. The van der Waals surface area contributed by atoms with E-state index in [4.69, 9.17) is 4.74 Å². The summed E-state index contributed by atoms with van der Waals surface area (Å²) in [4.78, 5) is 4.20. The topological polar surface area (TPSA) is 34.1 Å². The lowest BCUT2D eigenvalue weighted by molar-refractivity contribution is 0.404. The zero-order valence-electron chi connectivity index (χ0n) is 11.7. The minimum atomic E-state index is -1.00. The predicted molar refractivity (Wildman–Crippen MR) is 75.3 cm³/mol. The third-order valence-electron chi connectivity index (χ3n) is 3.29. The molecule has 1 aromatic heterocycles. The highest BCUT2D eigenvalue weighted by atomic mass is 19.2. The van der Waals surface area contributed by atoms with Crippen molar-refractivity contribution in [2.75, 3.05) is 0 Å². The highest BCUT2D eigenvalue weighted by Crippen LogP contribution is 2.26. The second kappa shape index (κ2) is 5.77. The predicted octanol–water partition coefficient (Wildman–Crippen LogP) is 3.71. The molecule has 110 valence electrons. The van der Waals surface area contributed by atoms with Crippen molar-refractivity contribution in [3.05, 3.63) is 53.2 Å². The summed E-state index contributed by atoms with van der Waals surface area (Å²) in [6.45, 7) is 2.56. The van der Waals surface area contributed by atoms with Gasteiger partial charge in [0, 0.05) is 24.3 Å². The molecule has 1 aliphatic rings. The molecular formula is C16H16F2N2O. The Labute approximate surface area is 122 Å². The molecule has 1 heterocycles. The van der Waals surface area contributed by atoms with Gasteiger partial charge in [0.2, 0.25) is 11.7 Å². The Kier molecular flexibility index (Phi) is 3.84. The van der Waals surface area contributed by atoms with Crippen LogP contribution in [0.5, 0.6) is 11.6 Å².